The van der Waals surface area contributed by atoms with Crippen molar-refractivity contribution < 1.29 is 0 Å². The lowest BCUT2D eigenvalue weighted by Gasteiger charge is -2.20. The molecule has 0 saturated carbocycles. The van der Waals surface area contributed by atoms with Crippen molar-refractivity contribution in [2.75, 3.05) is 0 Å². The van der Waals surface area contributed by atoms with Crippen LogP contribution in [-0.2, 0) is 0 Å². The van der Waals surface area contributed by atoms with Gasteiger partial charge < -0.3 is 0 Å². The fourth-order valence-electron chi connectivity index (χ4n) is 12.5. The van der Waals surface area contributed by atoms with Crippen molar-refractivity contribution in [2.45, 2.75) is 47.5 Å². The molecule has 4 aromatic heterocycles. The highest BCUT2D eigenvalue weighted by molar-refractivity contribution is 6.42. The number of nitrogens with zero attached hydrogens (tertiary/aromatic N) is 4. The van der Waals surface area contributed by atoms with Crippen LogP contribution >= 0.6 is 0 Å². The molecule has 2 aliphatic rings. The normalized spacial score (nSPS) is 13.6. The Morgan fingerprint density at radius 3 is 1.71 bits per heavy atom. The number of hydrogen-bond donors (Lipinski definition) is 0. The molecule has 0 radical (unpaired) electrons. The van der Waals surface area contributed by atoms with Crippen LogP contribution in [0.2, 0.25) is 0 Å². The van der Waals surface area contributed by atoms with Gasteiger partial charge in [0.25, 0.3) is 11.1 Å². The molecule has 0 aliphatic heterocycles. The summed E-state index contributed by atoms with van der Waals surface area (Å²) in [7, 11) is 0. The molecule has 0 N–H and O–H groups in total. The lowest BCUT2D eigenvalue weighted by molar-refractivity contribution is 1.13. The standard InChI is InChI=1S/C59H30N4O2.2C2H6/c1-3-29-30-10-9-11-31-32-16-17-37-39-23-26-42-55-43(59(65)63-47-14-6-4-5-12-44(47)61-57(42)63)27-24-40(54(39)55)38-21-20-36(52(32)53(37)38)35-19-18-34(50(30)51(31)35)33-22-25-41-48(49(29)33)28(2)58(64)62-46-15-8-7-13-45(46)60-56(41)62;2*1-2/h3,6-8,10-11,13-27H,2,4,9H2,1H3;2*1-2H3/b29-3-;;. The van der Waals surface area contributed by atoms with Crippen molar-refractivity contribution in [3.63, 3.8) is 0 Å². The zero-order chi connectivity index (χ0) is 46.7. The molecule has 0 atom stereocenters. The third-order valence-corrected chi connectivity index (χ3v) is 15.1. The molecule has 16 rings (SSSR count). The number of fused-ring (bicyclic) bond motifs is 16. The summed E-state index contributed by atoms with van der Waals surface area (Å²) in [5.74, 6) is 6.36. The van der Waals surface area contributed by atoms with Gasteiger partial charge in [-0.2, -0.15) is 0 Å². The second-order valence-corrected chi connectivity index (χ2v) is 17.9. The van der Waals surface area contributed by atoms with E-state index in [1.54, 1.807) is 8.80 Å². The lowest BCUT2D eigenvalue weighted by Crippen LogP contribution is -2.33. The molecule has 0 bridgehead atoms. The summed E-state index contributed by atoms with van der Waals surface area (Å²) in [6.07, 6.45) is 12.4. The van der Waals surface area contributed by atoms with Crippen molar-refractivity contribution in [3.05, 3.63) is 156 Å². The fourth-order valence-corrected chi connectivity index (χ4v) is 12.5. The summed E-state index contributed by atoms with van der Waals surface area (Å²) in [4.78, 5) is 38.7. The smallest absolute Gasteiger partial charge is 0.264 e. The average molecular weight is 887 g/mol. The van der Waals surface area contributed by atoms with E-state index in [4.69, 9.17) is 9.97 Å². The molecular formula is C63H42N4O2. The molecule has 2 aliphatic carbocycles. The highest BCUT2D eigenvalue weighted by atomic mass is 16.1. The third-order valence-electron chi connectivity index (χ3n) is 15.1. The van der Waals surface area contributed by atoms with Crippen LogP contribution in [0.1, 0.15) is 58.8 Å². The van der Waals surface area contributed by atoms with Gasteiger partial charge in [-0.05, 0) is 152 Å². The molecule has 0 unspecified atom stereocenters. The highest BCUT2D eigenvalue weighted by Gasteiger charge is 2.25. The van der Waals surface area contributed by atoms with Gasteiger partial charge in [-0.1, -0.05) is 131 Å². The van der Waals surface area contributed by atoms with E-state index in [9.17, 15) is 9.59 Å². The number of allylic oxidation sites excluding steroid dienone is 1. The molecule has 6 nitrogen and oxygen atoms in total. The van der Waals surface area contributed by atoms with Crippen LogP contribution in [0.5, 0.6) is 0 Å². The Balaban J connectivity index is 0.00000109. The number of para-hydroxylation sites is 2. The minimum absolute atomic E-state index is 0.0644. The molecular weight excluding hydrogens is 845 g/mol. The maximum absolute atomic E-state index is 14.4. The van der Waals surface area contributed by atoms with Gasteiger partial charge in [0.2, 0.25) is 0 Å². The van der Waals surface area contributed by atoms with Crippen molar-refractivity contribution in [1.82, 2.24) is 18.8 Å². The average Bonchev–Trinajstić information content (AvgIpc) is 3.79. The van der Waals surface area contributed by atoms with Gasteiger partial charge in [0.1, 0.15) is 17.0 Å². The van der Waals surface area contributed by atoms with Crippen LogP contribution in [0.15, 0.2) is 113 Å². The SMILES string of the molecule is C=c1c(=O)n2c3ccccc3nc2c2ccc3c4ccc5c6ccc7c8ccc9c(=O)n%10c%11c(nc%10c%10ccc(c%12ccc(c%13c5c4c(/c(=C/C)c3c12)=CCC=%13)c6c7%12)c8c9%10)C#CCC=C%11.CC.CC. The van der Waals surface area contributed by atoms with E-state index < -0.39 is 0 Å². The molecule has 14 aromatic rings. The third kappa shape index (κ3) is 4.67. The first-order valence-corrected chi connectivity index (χ1v) is 24.2. The number of aromatic nitrogens is 4. The Hall–Kier alpha value is -8.66. The van der Waals surface area contributed by atoms with Crippen LogP contribution in [0.25, 0.3) is 161 Å². The Morgan fingerprint density at radius 1 is 0.536 bits per heavy atom. The van der Waals surface area contributed by atoms with Gasteiger partial charge in [0.15, 0.2) is 0 Å². The topological polar surface area (TPSA) is 68.7 Å². The predicted molar refractivity (Wildman–Crippen MR) is 294 cm³/mol. The molecule has 69 heavy (non-hydrogen) atoms. The highest BCUT2D eigenvalue weighted by Crippen LogP contribution is 2.47. The van der Waals surface area contributed by atoms with Crippen molar-refractivity contribution in [3.8, 4) is 11.8 Å². The van der Waals surface area contributed by atoms with Crippen molar-refractivity contribution in [1.29, 1.82) is 0 Å². The van der Waals surface area contributed by atoms with Crippen molar-refractivity contribution >= 4 is 161 Å². The number of pyridine rings is 2. The molecule has 6 heteroatoms. The van der Waals surface area contributed by atoms with E-state index in [0.29, 0.717) is 34.0 Å². The number of rotatable bonds is 0. The summed E-state index contributed by atoms with van der Waals surface area (Å²) >= 11 is 0. The summed E-state index contributed by atoms with van der Waals surface area (Å²) in [5, 5.41) is 26.1. The summed E-state index contributed by atoms with van der Waals surface area (Å²) < 4.78 is 3.48. The minimum Gasteiger partial charge on any atom is -0.268 e. The monoisotopic (exact) mass is 886 g/mol. The van der Waals surface area contributed by atoms with E-state index in [1.165, 1.54) is 58.9 Å². The van der Waals surface area contributed by atoms with E-state index in [1.807, 2.05) is 70.2 Å². The van der Waals surface area contributed by atoms with Crippen LogP contribution in [0.3, 0.4) is 0 Å². The Bertz CT molecular complexity index is 5180. The Morgan fingerprint density at radius 2 is 1.04 bits per heavy atom. The first-order chi connectivity index (χ1) is 34.0. The zero-order valence-electron chi connectivity index (χ0n) is 38.9. The molecule has 0 saturated heterocycles. The van der Waals surface area contributed by atoms with Crippen LogP contribution in [0, 0.1) is 11.8 Å². The van der Waals surface area contributed by atoms with Crippen LogP contribution in [0.4, 0.5) is 0 Å². The van der Waals surface area contributed by atoms with Gasteiger partial charge >= 0.3 is 0 Å². The minimum atomic E-state index is -0.137. The van der Waals surface area contributed by atoms with Gasteiger partial charge in [0.05, 0.1) is 16.7 Å². The Labute approximate surface area is 393 Å². The van der Waals surface area contributed by atoms with Gasteiger partial charge in [-0.15, -0.1) is 0 Å². The quantitative estimate of drug-likeness (QED) is 0.0864. The number of benzene rings is 10. The number of imidazole rings is 2. The maximum Gasteiger partial charge on any atom is 0.264 e. The summed E-state index contributed by atoms with van der Waals surface area (Å²) in [5.41, 5.74) is 4.11. The second-order valence-electron chi connectivity index (χ2n) is 17.9. The molecule has 326 valence electrons. The van der Waals surface area contributed by atoms with E-state index in [0.717, 1.165) is 82.2 Å². The van der Waals surface area contributed by atoms with Gasteiger partial charge in [0, 0.05) is 38.6 Å². The largest absolute Gasteiger partial charge is 0.268 e. The zero-order valence-corrected chi connectivity index (χ0v) is 38.9. The molecule has 10 aromatic carbocycles. The molecule has 0 amide bonds. The summed E-state index contributed by atoms with van der Waals surface area (Å²) in [6.45, 7) is 14.6. The maximum atomic E-state index is 14.4. The van der Waals surface area contributed by atoms with E-state index >= 15 is 0 Å². The van der Waals surface area contributed by atoms with Crippen LogP contribution < -0.4 is 32.0 Å². The Kier molecular flexibility index (Phi) is 7.98. The summed E-state index contributed by atoms with van der Waals surface area (Å²) in [6, 6.07) is 34.6. The fraction of sp³-hybridized carbons (Fsp3) is 0.111. The first-order valence-electron chi connectivity index (χ1n) is 24.2. The van der Waals surface area contributed by atoms with Gasteiger partial charge in [-0.3, -0.25) is 18.4 Å². The van der Waals surface area contributed by atoms with E-state index in [-0.39, 0.29) is 11.1 Å². The molecule has 0 fully saturated rings. The van der Waals surface area contributed by atoms with Crippen LogP contribution in [-0.4, -0.2) is 18.8 Å². The van der Waals surface area contributed by atoms with E-state index in [2.05, 4.69) is 110 Å². The lowest BCUT2D eigenvalue weighted by atomic mass is 9.83. The number of hydrogen-bond acceptors (Lipinski definition) is 4. The molecule has 4 heterocycles. The van der Waals surface area contributed by atoms with Crippen molar-refractivity contribution in [2.24, 2.45) is 0 Å². The molecule has 0 spiro atoms. The predicted octanol–water partition coefficient (Wildman–Crippen LogP) is 11.7. The second kappa shape index (κ2) is 13.9. The van der Waals surface area contributed by atoms with Gasteiger partial charge in [-0.25, -0.2) is 9.97 Å². The first kappa shape index (κ1) is 39.5.